The van der Waals surface area contributed by atoms with Crippen LogP contribution in [0.2, 0.25) is 0 Å². The van der Waals surface area contributed by atoms with Crippen molar-refractivity contribution in [3.05, 3.63) is 0 Å². The third-order valence-electron chi connectivity index (χ3n) is 4.52. The number of carboxylic acids is 1. The van der Waals surface area contributed by atoms with Crippen molar-refractivity contribution in [1.29, 1.82) is 0 Å². The van der Waals surface area contributed by atoms with Gasteiger partial charge < -0.3 is 15.1 Å². The molecule has 1 rings (SSSR count). The number of hydrogen-bond donors (Lipinski definition) is 1. The van der Waals surface area contributed by atoms with Crippen LogP contribution in [0.5, 0.6) is 0 Å². The summed E-state index contributed by atoms with van der Waals surface area (Å²) >= 11 is 0. The van der Waals surface area contributed by atoms with Crippen LogP contribution in [0.1, 0.15) is 71.1 Å². The number of aliphatic carboxylic acids is 1. The summed E-state index contributed by atoms with van der Waals surface area (Å²) in [6.45, 7) is 4.15. The van der Waals surface area contributed by atoms with E-state index >= 15 is 0 Å². The van der Waals surface area contributed by atoms with Gasteiger partial charge in [0.2, 0.25) is 6.04 Å². The Morgan fingerprint density at radius 1 is 1.00 bits per heavy atom. The molecule has 2 atom stereocenters. The third kappa shape index (κ3) is 7.25. The van der Waals surface area contributed by atoms with E-state index in [1.165, 1.54) is 64.2 Å². The minimum Gasteiger partial charge on any atom is -0.870 e. The standard InChI is InChI=1S/C16H31NO2.H2O/c1-3-4-5-6-7-8-9-10-11-12-13-17(2)14-15(17)16(18)19;/h15H,3-14H2,1-2H3;1H2. The van der Waals surface area contributed by atoms with Gasteiger partial charge in [0.25, 0.3) is 0 Å². The molecule has 0 aromatic heterocycles. The van der Waals surface area contributed by atoms with Crippen LogP contribution in [0.25, 0.3) is 0 Å². The smallest absolute Gasteiger partial charge is 0.368 e. The molecule has 1 fully saturated rings. The van der Waals surface area contributed by atoms with Gasteiger partial charge in [-0.25, -0.2) is 4.79 Å². The quantitative estimate of drug-likeness (QED) is 0.338. The molecule has 0 amide bonds. The van der Waals surface area contributed by atoms with E-state index in [0.717, 1.165) is 17.6 Å². The van der Waals surface area contributed by atoms with Crippen LogP contribution < -0.4 is 0 Å². The van der Waals surface area contributed by atoms with Crippen molar-refractivity contribution in [2.75, 3.05) is 20.1 Å². The Hall–Kier alpha value is -0.610. The Morgan fingerprint density at radius 2 is 1.45 bits per heavy atom. The molecule has 1 aliphatic rings. The number of nitrogens with zero attached hydrogens (tertiary/aromatic N) is 1. The predicted octanol–water partition coefficient (Wildman–Crippen LogP) is 3.64. The van der Waals surface area contributed by atoms with Crippen LogP contribution in [-0.4, -0.2) is 47.2 Å². The minimum absolute atomic E-state index is 0. The first kappa shape index (κ1) is 19.4. The van der Waals surface area contributed by atoms with Crippen molar-refractivity contribution >= 4 is 5.97 Å². The van der Waals surface area contributed by atoms with Gasteiger partial charge in [-0.3, -0.25) is 0 Å². The number of hydrogen-bond acceptors (Lipinski definition) is 2. The lowest BCUT2D eigenvalue weighted by Gasteiger charge is -2.12. The van der Waals surface area contributed by atoms with Crippen molar-refractivity contribution in [3.8, 4) is 0 Å². The highest BCUT2D eigenvalue weighted by Gasteiger charge is 2.56. The zero-order valence-corrected chi connectivity index (χ0v) is 13.3. The highest BCUT2D eigenvalue weighted by atomic mass is 16.4. The van der Waals surface area contributed by atoms with Crippen LogP contribution >= 0.6 is 0 Å². The normalized spacial score (nSPS) is 24.2. The fourth-order valence-corrected chi connectivity index (χ4v) is 2.90. The molecule has 2 unspecified atom stereocenters. The highest BCUT2D eigenvalue weighted by Crippen LogP contribution is 2.28. The Morgan fingerprint density at radius 3 is 1.85 bits per heavy atom. The molecule has 4 nitrogen and oxygen atoms in total. The molecule has 120 valence electrons. The number of unbranched alkanes of at least 4 members (excludes halogenated alkanes) is 9. The zero-order chi connectivity index (χ0) is 14.1. The Bertz CT molecular complexity index is 270. The Kier molecular flexibility index (Phi) is 9.86. The van der Waals surface area contributed by atoms with E-state index in [-0.39, 0.29) is 11.5 Å². The predicted molar refractivity (Wildman–Crippen MR) is 81.1 cm³/mol. The second kappa shape index (κ2) is 10.2. The number of carboxylic acid groups (broad SMARTS) is 1. The highest BCUT2D eigenvalue weighted by molar-refractivity contribution is 5.74. The average molecular weight is 287 g/mol. The van der Waals surface area contributed by atoms with Crippen molar-refractivity contribution in [1.82, 2.24) is 0 Å². The number of quaternary nitrogens is 1. The second-order valence-corrected chi connectivity index (χ2v) is 6.42. The van der Waals surface area contributed by atoms with E-state index in [2.05, 4.69) is 14.0 Å². The third-order valence-corrected chi connectivity index (χ3v) is 4.52. The van der Waals surface area contributed by atoms with Crippen molar-refractivity contribution < 1.29 is 19.9 Å². The monoisotopic (exact) mass is 287 g/mol. The number of rotatable bonds is 12. The maximum atomic E-state index is 10.8. The average Bonchev–Trinajstić information content (AvgIpc) is 3.05. The van der Waals surface area contributed by atoms with Gasteiger partial charge in [-0.05, 0) is 12.8 Å². The van der Waals surface area contributed by atoms with Gasteiger partial charge in [0.15, 0.2) is 0 Å². The molecule has 0 aromatic carbocycles. The maximum absolute atomic E-state index is 10.8. The van der Waals surface area contributed by atoms with E-state index in [1.807, 2.05) is 0 Å². The van der Waals surface area contributed by atoms with Gasteiger partial charge in [0.1, 0.15) is 6.54 Å². The summed E-state index contributed by atoms with van der Waals surface area (Å²) in [6, 6.07) is -0.112. The maximum Gasteiger partial charge on any atom is 0.368 e. The van der Waals surface area contributed by atoms with Crippen molar-refractivity contribution in [2.45, 2.75) is 77.2 Å². The molecule has 1 saturated heterocycles. The molecule has 2 N–H and O–H groups in total. The Labute approximate surface area is 124 Å². The molecule has 0 radical (unpaired) electrons. The van der Waals surface area contributed by atoms with E-state index < -0.39 is 5.97 Å². The van der Waals surface area contributed by atoms with Gasteiger partial charge in [0, 0.05) is 0 Å². The summed E-state index contributed by atoms with van der Waals surface area (Å²) < 4.78 is 0.770. The van der Waals surface area contributed by atoms with Gasteiger partial charge >= 0.3 is 5.97 Å². The zero-order valence-electron chi connectivity index (χ0n) is 13.3. The summed E-state index contributed by atoms with van der Waals surface area (Å²) in [7, 11) is 2.08. The summed E-state index contributed by atoms with van der Waals surface area (Å²) in [4.78, 5) is 10.8. The van der Waals surface area contributed by atoms with Gasteiger partial charge in [-0.15, -0.1) is 0 Å². The molecule has 0 aliphatic carbocycles. The lowest BCUT2D eigenvalue weighted by atomic mass is 10.1. The van der Waals surface area contributed by atoms with Crippen LogP contribution in [0.3, 0.4) is 0 Å². The van der Waals surface area contributed by atoms with E-state index in [0.29, 0.717) is 0 Å². The van der Waals surface area contributed by atoms with E-state index in [1.54, 1.807) is 0 Å². The van der Waals surface area contributed by atoms with Gasteiger partial charge in [-0.2, -0.15) is 0 Å². The SMILES string of the molecule is CCCCCCCCCCCC[N+]1(C)CC1C(=O)O.[OH-]. The lowest BCUT2D eigenvalue weighted by molar-refractivity contribution is -0.787. The molecular weight excluding hydrogens is 254 g/mol. The molecule has 0 spiro atoms. The summed E-state index contributed by atoms with van der Waals surface area (Å²) in [5.74, 6) is -0.616. The molecule has 1 heterocycles. The van der Waals surface area contributed by atoms with Crippen LogP contribution in [-0.2, 0) is 4.79 Å². The second-order valence-electron chi connectivity index (χ2n) is 6.42. The molecule has 0 saturated carbocycles. The minimum atomic E-state index is -0.616. The molecule has 0 bridgehead atoms. The first-order valence-corrected chi connectivity index (χ1v) is 8.17. The van der Waals surface area contributed by atoms with Gasteiger partial charge in [0.05, 0.1) is 13.6 Å². The lowest BCUT2D eigenvalue weighted by Crippen LogP contribution is -2.28. The topological polar surface area (TPSA) is 67.3 Å². The first-order chi connectivity index (χ1) is 9.10. The molecule has 1 aliphatic heterocycles. The van der Waals surface area contributed by atoms with E-state index in [9.17, 15) is 4.79 Å². The van der Waals surface area contributed by atoms with E-state index in [4.69, 9.17) is 5.11 Å². The van der Waals surface area contributed by atoms with Gasteiger partial charge in [-0.1, -0.05) is 58.3 Å². The largest absolute Gasteiger partial charge is 0.870 e. The summed E-state index contributed by atoms with van der Waals surface area (Å²) in [5, 5.41) is 8.93. The van der Waals surface area contributed by atoms with Crippen molar-refractivity contribution in [3.63, 3.8) is 0 Å². The van der Waals surface area contributed by atoms with Crippen molar-refractivity contribution in [2.24, 2.45) is 0 Å². The molecular formula is C16H33NO3. The summed E-state index contributed by atoms with van der Waals surface area (Å²) in [5.41, 5.74) is 0. The van der Waals surface area contributed by atoms with Crippen LogP contribution in [0, 0.1) is 0 Å². The first-order valence-electron chi connectivity index (χ1n) is 8.17. The van der Waals surface area contributed by atoms with Crippen LogP contribution in [0.4, 0.5) is 0 Å². The fourth-order valence-electron chi connectivity index (χ4n) is 2.90. The molecule has 4 heteroatoms. The molecule has 0 aromatic rings. The number of carbonyl (C=O) groups is 1. The van der Waals surface area contributed by atoms with Crippen LogP contribution in [0.15, 0.2) is 0 Å². The summed E-state index contributed by atoms with van der Waals surface area (Å²) in [6.07, 6.45) is 13.5. The fraction of sp³-hybridized carbons (Fsp3) is 0.938. The Balaban J connectivity index is 0.00000361. The number of likely N-dealkylation sites (N-methyl/N-ethyl adjacent to an activating group) is 1. The molecule has 20 heavy (non-hydrogen) atoms.